The Kier molecular flexibility index (Phi) is 13.3. The Hall–Kier alpha value is -2.50. The largest absolute Gasteiger partial charge is 0.508 e. The van der Waals surface area contributed by atoms with Crippen molar-refractivity contribution >= 4 is 12.3 Å². The van der Waals surface area contributed by atoms with Crippen molar-refractivity contribution in [3.05, 3.63) is 0 Å². The normalized spacial score (nSPS) is 13.7. The lowest BCUT2D eigenvalue weighted by Crippen LogP contribution is -2.58. The average molecular weight is 614 g/mol. The van der Waals surface area contributed by atoms with Crippen LogP contribution in [0.5, 0.6) is 0 Å². The molecule has 0 heterocycles. The number of rotatable bonds is 18. The summed E-state index contributed by atoms with van der Waals surface area (Å²) in [7, 11) is 1.68. The highest BCUT2D eigenvalue weighted by molar-refractivity contribution is 5.59. The maximum atomic E-state index is 13.5. The van der Waals surface area contributed by atoms with E-state index in [-0.39, 0.29) is 0 Å². The predicted molar refractivity (Wildman–Crippen MR) is 91.3 cm³/mol. The molecule has 0 saturated carbocycles. The number of carbonyl (C=O) groups excluding carboxylic acids is 2. The van der Waals surface area contributed by atoms with E-state index >= 15 is 0 Å². The number of hydrogen-bond acceptors (Lipinski definition) is 11. The quantitative estimate of drug-likeness (QED) is 0.126. The first kappa shape index (κ1) is 36.5. The van der Waals surface area contributed by atoms with Crippen LogP contribution < -0.4 is 0 Å². The second kappa shape index (κ2) is 14.2. The Bertz CT molecular complexity index is 720. The topological polar surface area (TPSA) is 117 Å². The van der Waals surface area contributed by atoms with E-state index in [1.54, 1.807) is 0 Å². The fourth-order valence-electron chi connectivity index (χ4n) is 1.70. The molecule has 0 saturated heterocycles. The first-order valence-electron chi connectivity index (χ1n) is 9.47. The Balaban J connectivity index is 5.12. The Morgan fingerprint density at radius 1 is 0.487 bits per heavy atom. The van der Waals surface area contributed by atoms with Gasteiger partial charge in [0.2, 0.25) is 0 Å². The van der Waals surface area contributed by atoms with Crippen molar-refractivity contribution in [1.29, 1.82) is 0 Å². The molecule has 0 aromatic heterocycles. The fraction of sp³-hybridized carbons (Fsp3) is 0.875. The summed E-state index contributed by atoms with van der Waals surface area (Å²) in [5, 5.41) is 0. The second-order valence-electron chi connectivity index (χ2n) is 6.36. The SMILES string of the molecule is COC(=O)OCCOCC(F)(F)OC(F)(F)C(F)(F)OC(F)(F)C(F)(F)OC(F)(F)COCCOC(=O)OC. The standard InChI is InChI=1S/C16H18F12O11/c1-31-9(29)35-5-3-33-7-11(17,18)37-13(21,22)15(25,26)39-16(27,28)14(23,24)38-12(19,20)8-34-4-6-36-10(30)32-2/h3-8H2,1-2H3. The van der Waals surface area contributed by atoms with Crippen LogP contribution in [-0.4, -0.2) is 103 Å². The molecule has 0 aliphatic heterocycles. The number of halogens is 12. The smallest absolute Gasteiger partial charge is 0.438 e. The zero-order chi connectivity index (χ0) is 30.8. The number of ether oxygens (including phenoxy) is 9. The molecule has 0 spiro atoms. The molecule has 0 atom stereocenters. The summed E-state index contributed by atoms with van der Waals surface area (Å²) in [6.07, 6.45) is -41.2. The molecule has 0 rings (SSSR count). The zero-order valence-electron chi connectivity index (χ0n) is 19.3. The van der Waals surface area contributed by atoms with Gasteiger partial charge in [0.25, 0.3) is 0 Å². The van der Waals surface area contributed by atoms with Gasteiger partial charge in [-0.05, 0) is 0 Å². The van der Waals surface area contributed by atoms with Crippen molar-refractivity contribution in [2.75, 3.05) is 53.9 Å². The van der Waals surface area contributed by atoms with E-state index in [4.69, 9.17) is 0 Å². The second-order valence-corrected chi connectivity index (χ2v) is 6.36. The van der Waals surface area contributed by atoms with Gasteiger partial charge < -0.3 is 28.4 Å². The van der Waals surface area contributed by atoms with Gasteiger partial charge in [-0.1, -0.05) is 0 Å². The molecule has 23 heteroatoms. The summed E-state index contributed by atoms with van der Waals surface area (Å²) < 4.78 is 192. The number of hydrogen-bond donors (Lipinski definition) is 0. The van der Waals surface area contributed by atoms with Crippen molar-refractivity contribution in [2.24, 2.45) is 0 Å². The third-order valence-corrected chi connectivity index (χ3v) is 3.26. The minimum Gasteiger partial charge on any atom is -0.438 e. The van der Waals surface area contributed by atoms with Crippen LogP contribution in [0.3, 0.4) is 0 Å². The van der Waals surface area contributed by atoms with Gasteiger partial charge in [-0.15, -0.1) is 0 Å². The maximum absolute atomic E-state index is 13.5. The minimum absolute atomic E-state index is 0.823. The average Bonchev–Trinajstić information content (AvgIpc) is 2.75. The number of carbonyl (C=O) groups is 2. The Labute approximate surface area is 209 Å². The molecule has 39 heavy (non-hydrogen) atoms. The first-order valence-corrected chi connectivity index (χ1v) is 9.47. The van der Waals surface area contributed by atoms with E-state index in [2.05, 4.69) is 37.9 Å². The van der Waals surface area contributed by atoms with E-state index in [0.29, 0.717) is 0 Å². The van der Waals surface area contributed by atoms with Crippen LogP contribution in [0, 0.1) is 0 Å². The lowest BCUT2D eigenvalue weighted by atomic mass is 10.5. The lowest BCUT2D eigenvalue weighted by molar-refractivity contribution is -0.558. The molecule has 232 valence electrons. The highest BCUT2D eigenvalue weighted by atomic mass is 19.4. The highest BCUT2D eigenvalue weighted by Crippen LogP contribution is 2.48. The molecule has 0 aromatic rings. The van der Waals surface area contributed by atoms with Gasteiger partial charge in [-0.2, -0.15) is 52.7 Å². The van der Waals surface area contributed by atoms with E-state index < -0.39 is 88.6 Å². The summed E-state index contributed by atoms with van der Waals surface area (Å²) in [6, 6.07) is 0. The third-order valence-electron chi connectivity index (χ3n) is 3.26. The monoisotopic (exact) mass is 614 g/mol. The van der Waals surface area contributed by atoms with Gasteiger partial charge in [0, 0.05) is 0 Å². The van der Waals surface area contributed by atoms with E-state index in [0.717, 1.165) is 14.2 Å². The van der Waals surface area contributed by atoms with Crippen molar-refractivity contribution in [1.82, 2.24) is 0 Å². The maximum Gasteiger partial charge on any atom is 0.508 e. The zero-order valence-corrected chi connectivity index (χ0v) is 19.3. The van der Waals surface area contributed by atoms with Gasteiger partial charge in [-0.3, -0.25) is 0 Å². The molecule has 0 aliphatic carbocycles. The molecule has 0 unspecified atom stereocenters. The molecule has 0 radical (unpaired) electrons. The van der Waals surface area contributed by atoms with Crippen molar-refractivity contribution in [3.63, 3.8) is 0 Å². The number of methoxy groups -OCH3 is 2. The summed E-state index contributed by atoms with van der Waals surface area (Å²) >= 11 is 0. The van der Waals surface area contributed by atoms with Crippen LogP contribution in [0.2, 0.25) is 0 Å². The first-order chi connectivity index (χ1) is 17.5. The van der Waals surface area contributed by atoms with E-state index in [9.17, 15) is 62.3 Å². The van der Waals surface area contributed by atoms with E-state index in [1.165, 1.54) is 0 Å². The Morgan fingerprint density at radius 2 is 0.769 bits per heavy atom. The summed E-state index contributed by atoms with van der Waals surface area (Å²) in [5.74, 6) is 0. The third kappa shape index (κ3) is 12.9. The molecule has 0 fully saturated rings. The lowest BCUT2D eigenvalue weighted by Gasteiger charge is -2.34. The molecular formula is C16H18F12O11. The van der Waals surface area contributed by atoms with Gasteiger partial charge in [-0.25, -0.2) is 23.8 Å². The van der Waals surface area contributed by atoms with Crippen LogP contribution in [0.1, 0.15) is 0 Å². The molecule has 0 bridgehead atoms. The van der Waals surface area contributed by atoms with Gasteiger partial charge in [0.05, 0.1) is 27.4 Å². The van der Waals surface area contributed by atoms with Crippen LogP contribution in [0.25, 0.3) is 0 Å². The molecule has 0 N–H and O–H groups in total. The molecule has 11 nitrogen and oxygen atoms in total. The summed E-state index contributed by atoms with van der Waals surface area (Å²) in [4.78, 5) is 21.1. The van der Waals surface area contributed by atoms with Gasteiger partial charge >= 0.3 is 49.0 Å². The molecule has 0 amide bonds. The summed E-state index contributed by atoms with van der Waals surface area (Å²) in [6.45, 7) is -8.20. The van der Waals surface area contributed by atoms with Crippen molar-refractivity contribution in [3.8, 4) is 0 Å². The van der Waals surface area contributed by atoms with E-state index in [1.807, 2.05) is 4.74 Å². The van der Waals surface area contributed by atoms with Crippen LogP contribution in [-0.2, 0) is 42.6 Å². The molecule has 0 aromatic carbocycles. The minimum atomic E-state index is -7.03. The summed E-state index contributed by atoms with van der Waals surface area (Å²) in [5.41, 5.74) is 0. The highest BCUT2D eigenvalue weighted by Gasteiger charge is 2.74. The van der Waals surface area contributed by atoms with Gasteiger partial charge in [0.1, 0.15) is 26.4 Å². The van der Waals surface area contributed by atoms with Gasteiger partial charge in [0.15, 0.2) is 0 Å². The van der Waals surface area contributed by atoms with Crippen molar-refractivity contribution < 1.29 is 105 Å². The van der Waals surface area contributed by atoms with Crippen LogP contribution in [0.4, 0.5) is 62.3 Å². The molecule has 0 aliphatic rings. The number of alkyl halides is 12. The molecular weight excluding hydrogens is 596 g/mol. The van der Waals surface area contributed by atoms with Crippen LogP contribution in [0.15, 0.2) is 0 Å². The predicted octanol–water partition coefficient (Wildman–Crippen LogP) is 4.19. The fourth-order valence-corrected chi connectivity index (χ4v) is 1.70. The van der Waals surface area contributed by atoms with Crippen LogP contribution >= 0.6 is 0 Å². The Morgan fingerprint density at radius 3 is 1.05 bits per heavy atom. The van der Waals surface area contributed by atoms with Crippen molar-refractivity contribution in [2.45, 2.75) is 36.7 Å².